The van der Waals surface area contributed by atoms with Gasteiger partial charge in [0.05, 0.1) is 0 Å². The molecule has 0 aliphatic heterocycles. The highest BCUT2D eigenvalue weighted by Gasteiger charge is 2.08. The summed E-state index contributed by atoms with van der Waals surface area (Å²) in [5, 5.41) is 4.59. The fourth-order valence-corrected chi connectivity index (χ4v) is 2.59. The van der Waals surface area contributed by atoms with Crippen molar-refractivity contribution in [1.29, 1.82) is 0 Å². The second-order valence-electron chi connectivity index (χ2n) is 5.48. The highest BCUT2D eigenvalue weighted by atomic mass is 32.2. The molecule has 0 saturated carbocycles. The Bertz CT molecular complexity index is 151. The Hall–Kier alpha value is 0.310. The number of nitrogens with one attached hydrogen (secondary N) is 1. The van der Waals surface area contributed by atoms with E-state index in [1.54, 1.807) is 0 Å². The van der Waals surface area contributed by atoms with Gasteiger partial charge in [-0.05, 0) is 32.1 Å². The van der Waals surface area contributed by atoms with Crippen molar-refractivity contribution in [2.75, 3.05) is 12.8 Å². The van der Waals surface area contributed by atoms with Crippen LogP contribution in [0.2, 0.25) is 0 Å². The third-order valence-corrected chi connectivity index (χ3v) is 4.74. The fraction of sp³-hybridized carbons (Fsp3) is 1.00. The van der Waals surface area contributed by atoms with Crippen molar-refractivity contribution in [2.45, 2.75) is 89.9 Å². The first-order chi connectivity index (χ1) is 8.74. The van der Waals surface area contributed by atoms with Gasteiger partial charge in [-0.1, -0.05) is 59.3 Å². The molecule has 0 aliphatic carbocycles. The van der Waals surface area contributed by atoms with E-state index in [4.69, 9.17) is 0 Å². The van der Waals surface area contributed by atoms with E-state index in [0.29, 0.717) is 0 Å². The van der Waals surface area contributed by atoms with Gasteiger partial charge in [-0.15, -0.1) is 0 Å². The van der Waals surface area contributed by atoms with Crippen molar-refractivity contribution in [3.8, 4) is 0 Å². The smallest absolute Gasteiger partial charge is 0.00670 e. The molecule has 2 heteroatoms. The Morgan fingerprint density at radius 3 is 1.89 bits per heavy atom. The standard InChI is InChI=1S/C16H35NS/c1-5-7-9-11-16(12-10-8-6-2)17-14-13-15(3)18-4/h15-17H,5-14H2,1-4H3. The summed E-state index contributed by atoms with van der Waals surface area (Å²) >= 11 is 1.98. The van der Waals surface area contributed by atoms with Crippen LogP contribution >= 0.6 is 11.8 Å². The van der Waals surface area contributed by atoms with Gasteiger partial charge in [0, 0.05) is 11.3 Å². The molecule has 0 saturated heterocycles. The van der Waals surface area contributed by atoms with Gasteiger partial charge in [0.1, 0.15) is 0 Å². The highest BCUT2D eigenvalue weighted by Crippen LogP contribution is 2.12. The molecule has 1 nitrogen and oxygen atoms in total. The lowest BCUT2D eigenvalue weighted by molar-refractivity contribution is 0.416. The van der Waals surface area contributed by atoms with E-state index in [0.717, 1.165) is 11.3 Å². The summed E-state index contributed by atoms with van der Waals surface area (Å²) in [7, 11) is 0. The van der Waals surface area contributed by atoms with Crippen molar-refractivity contribution in [3.63, 3.8) is 0 Å². The zero-order valence-corrected chi connectivity index (χ0v) is 14.0. The average molecular weight is 274 g/mol. The Balaban J connectivity index is 3.73. The molecule has 0 aliphatic rings. The van der Waals surface area contributed by atoms with Crippen LogP contribution in [0.4, 0.5) is 0 Å². The summed E-state index contributed by atoms with van der Waals surface area (Å²) in [5.41, 5.74) is 0. The number of hydrogen-bond donors (Lipinski definition) is 1. The van der Waals surface area contributed by atoms with Crippen molar-refractivity contribution in [2.24, 2.45) is 0 Å². The Kier molecular flexibility index (Phi) is 14.0. The summed E-state index contributed by atoms with van der Waals surface area (Å²) < 4.78 is 0. The summed E-state index contributed by atoms with van der Waals surface area (Å²) in [5.74, 6) is 0. The van der Waals surface area contributed by atoms with Crippen molar-refractivity contribution < 1.29 is 0 Å². The maximum Gasteiger partial charge on any atom is 0.00670 e. The lowest BCUT2D eigenvalue weighted by atomic mass is 10.0. The van der Waals surface area contributed by atoms with Crippen LogP contribution in [0.5, 0.6) is 0 Å². The number of thioether (sulfide) groups is 1. The van der Waals surface area contributed by atoms with E-state index in [-0.39, 0.29) is 0 Å². The van der Waals surface area contributed by atoms with Gasteiger partial charge in [0.15, 0.2) is 0 Å². The molecular weight excluding hydrogens is 238 g/mol. The summed E-state index contributed by atoms with van der Waals surface area (Å²) in [6.07, 6.45) is 14.5. The molecule has 110 valence electrons. The summed E-state index contributed by atoms with van der Waals surface area (Å²) in [6, 6.07) is 0.775. The third-order valence-electron chi connectivity index (χ3n) is 3.70. The van der Waals surface area contributed by atoms with Gasteiger partial charge in [-0.25, -0.2) is 0 Å². The maximum atomic E-state index is 3.79. The Morgan fingerprint density at radius 2 is 1.44 bits per heavy atom. The van der Waals surface area contributed by atoms with Crippen molar-refractivity contribution in [1.82, 2.24) is 5.32 Å². The van der Waals surface area contributed by atoms with Crippen molar-refractivity contribution in [3.05, 3.63) is 0 Å². The molecule has 1 unspecified atom stereocenters. The van der Waals surface area contributed by atoms with Gasteiger partial charge in [0.25, 0.3) is 0 Å². The van der Waals surface area contributed by atoms with E-state index in [9.17, 15) is 0 Å². The van der Waals surface area contributed by atoms with E-state index < -0.39 is 0 Å². The molecule has 0 radical (unpaired) electrons. The SMILES string of the molecule is CCCCCC(CCCCC)NCCC(C)SC. The minimum absolute atomic E-state index is 0.775. The van der Waals surface area contributed by atoms with Gasteiger partial charge < -0.3 is 5.32 Å². The second-order valence-corrected chi connectivity index (χ2v) is 6.75. The monoisotopic (exact) mass is 273 g/mol. The van der Waals surface area contributed by atoms with E-state index in [1.165, 1.54) is 64.3 Å². The molecule has 0 spiro atoms. The zero-order chi connectivity index (χ0) is 13.6. The Morgan fingerprint density at radius 1 is 0.889 bits per heavy atom. The highest BCUT2D eigenvalue weighted by molar-refractivity contribution is 7.99. The number of rotatable bonds is 13. The maximum absolute atomic E-state index is 3.79. The van der Waals surface area contributed by atoms with Gasteiger partial charge in [0.2, 0.25) is 0 Å². The first-order valence-electron chi connectivity index (χ1n) is 8.00. The van der Waals surface area contributed by atoms with Crippen LogP contribution < -0.4 is 5.32 Å². The van der Waals surface area contributed by atoms with Crippen LogP contribution in [-0.4, -0.2) is 24.1 Å². The molecule has 0 aromatic heterocycles. The first-order valence-corrected chi connectivity index (χ1v) is 9.29. The molecular formula is C16H35NS. The van der Waals surface area contributed by atoms with Crippen LogP contribution in [0.25, 0.3) is 0 Å². The minimum atomic E-state index is 0.775. The molecule has 1 N–H and O–H groups in total. The molecule has 0 aromatic carbocycles. The van der Waals surface area contributed by atoms with Crippen LogP contribution in [0, 0.1) is 0 Å². The molecule has 0 amide bonds. The second kappa shape index (κ2) is 13.7. The molecule has 1 atom stereocenters. The normalized spacial score (nSPS) is 13.2. The van der Waals surface area contributed by atoms with Gasteiger partial charge >= 0.3 is 0 Å². The summed E-state index contributed by atoms with van der Waals surface area (Å²) in [6.45, 7) is 8.11. The van der Waals surface area contributed by atoms with Crippen LogP contribution in [0.3, 0.4) is 0 Å². The van der Waals surface area contributed by atoms with Crippen LogP contribution in [0.15, 0.2) is 0 Å². The quantitative estimate of drug-likeness (QED) is 0.460. The summed E-state index contributed by atoms with van der Waals surface area (Å²) in [4.78, 5) is 0. The van der Waals surface area contributed by atoms with E-state index in [1.807, 2.05) is 11.8 Å². The third kappa shape index (κ3) is 11.4. The van der Waals surface area contributed by atoms with Crippen LogP contribution in [0.1, 0.15) is 78.6 Å². The Labute approximate surface area is 120 Å². The van der Waals surface area contributed by atoms with E-state index >= 15 is 0 Å². The largest absolute Gasteiger partial charge is 0.314 e. The molecule has 0 rings (SSSR count). The predicted molar refractivity (Wildman–Crippen MR) is 87.7 cm³/mol. The van der Waals surface area contributed by atoms with E-state index in [2.05, 4.69) is 32.3 Å². The lowest BCUT2D eigenvalue weighted by Gasteiger charge is -2.19. The fourth-order valence-electron chi connectivity index (χ4n) is 2.24. The molecule has 0 fully saturated rings. The van der Waals surface area contributed by atoms with Gasteiger partial charge in [-0.3, -0.25) is 0 Å². The van der Waals surface area contributed by atoms with Gasteiger partial charge in [-0.2, -0.15) is 11.8 Å². The lowest BCUT2D eigenvalue weighted by Crippen LogP contribution is -2.31. The number of unbranched alkanes of at least 4 members (excludes halogenated alkanes) is 4. The first kappa shape index (κ1) is 18.3. The molecule has 0 heterocycles. The van der Waals surface area contributed by atoms with Crippen molar-refractivity contribution >= 4 is 11.8 Å². The molecule has 0 aromatic rings. The molecule has 18 heavy (non-hydrogen) atoms. The topological polar surface area (TPSA) is 12.0 Å². The average Bonchev–Trinajstić information content (AvgIpc) is 2.38. The predicted octanol–water partition coefficient (Wildman–Crippen LogP) is 5.25. The number of hydrogen-bond acceptors (Lipinski definition) is 2. The van der Waals surface area contributed by atoms with Crippen LogP contribution in [-0.2, 0) is 0 Å². The molecule has 0 bridgehead atoms. The zero-order valence-electron chi connectivity index (χ0n) is 13.1. The minimum Gasteiger partial charge on any atom is -0.314 e.